The number of carbonyl (C=O) groups is 3. The number of hydrogen-bond donors (Lipinski definition) is 0. The molecule has 0 amide bonds. The maximum absolute atomic E-state index is 14.0. The smallest absolute Gasteiger partial charge is 0.316 e. The summed E-state index contributed by atoms with van der Waals surface area (Å²) in [6, 6.07) is 30.1. The van der Waals surface area contributed by atoms with Crippen LogP contribution in [-0.4, -0.2) is 40.6 Å². The second kappa shape index (κ2) is 8.95. The Bertz CT molecular complexity index is 1770. The molecule has 7 heteroatoms. The number of carbonyl (C=O) groups excluding carboxylic acids is 3. The predicted molar refractivity (Wildman–Crippen MR) is 156 cm³/mol. The number of esters is 3. The van der Waals surface area contributed by atoms with Gasteiger partial charge in [0.25, 0.3) is 0 Å². The summed E-state index contributed by atoms with van der Waals surface area (Å²) in [5.74, 6) is -2.36. The molecule has 7 unspecified atom stereocenters. The second-order valence-corrected chi connectivity index (χ2v) is 13.3. The van der Waals surface area contributed by atoms with Crippen molar-refractivity contribution in [2.45, 2.75) is 41.0 Å². The van der Waals surface area contributed by atoms with E-state index in [1.165, 1.54) is 34.0 Å². The molecule has 6 nitrogen and oxygen atoms in total. The standard InChI is InChI=1S/C35H26O6S/c36-33(25-16-24-20-9-3-5-11-22(20)26(25)23-12-6-4-10-21(23)24)40-29-30-32-28(35(38)41-30)27(31(29)42-32)34(37)39-19-14-13-17-7-1-2-8-18(17)15-19/h1-15,24-32H,16H2. The molecule has 0 saturated carbocycles. The van der Waals surface area contributed by atoms with Crippen molar-refractivity contribution in [1.82, 2.24) is 0 Å². The first kappa shape index (κ1) is 24.5. The number of benzene rings is 4. The minimum Gasteiger partial charge on any atom is -0.457 e. The van der Waals surface area contributed by atoms with Gasteiger partial charge in [-0.15, -0.1) is 11.8 Å². The molecular weight excluding hydrogens is 548 g/mol. The van der Waals surface area contributed by atoms with E-state index in [4.69, 9.17) is 14.2 Å². The van der Waals surface area contributed by atoms with E-state index in [1.807, 2.05) is 48.5 Å². The van der Waals surface area contributed by atoms with Crippen molar-refractivity contribution in [3.05, 3.63) is 113 Å². The van der Waals surface area contributed by atoms with Gasteiger partial charge in [-0.2, -0.15) is 0 Å². The molecule has 6 aliphatic rings. The first-order chi connectivity index (χ1) is 20.6. The molecule has 3 saturated heterocycles. The highest BCUT2D eigenvalue weighted by Crippen LogP contribution is 2.60. The van der Waals surface area contributed by atoms with Crippen molar-refractivity contribution < 1.29 is 28.6 Å². The average molecular weight is 575 g/mol. The van der Waals surface area contributed by atoms with E-state index in [1.54, 1.807) is 6.07 Å². The molecule has 0 spiro atoms. The number of fused-ring (bicyclic) bond motifs is 3. The number of rotatable bonds is 4. The van der Waals surface area contributed by atoms with Gasteiger partial charge in [0.1, 0.15) is 5.75 Å². The van der Waals surface area contributed by atoms with Crippen LogP contribution < -0.4 is 4.74 Å². The minimum atomic E-state index is -0.736. The molecule has 3 aliphatic carbocycles. The quantitative estimate of drug-likeness (QED) is 0.232. The highest BCUT2D eigenvalue weighted by atomic mass is 32.2. The summed E-state index contributed by atoms with van der Waals surface area (Å²) < 4.78 is 17.9. The van der Waals surface area contributed by atoms with Gasteiger partial charge in [0.2, 0.25) is 0 Å². The van der Waals surface area contributed by atoms with E-state index >= 15 is 0 Å². The third-order valence-electron chi connectivity index (χ3n) is 9.98. The minimum absolute atomic E-state index is 0.0892. The maximum Gasteiger partial charge on any atom is 0.316 e. The Kier molecular flexibility index (Phi) is 5.22. The number of thioether (sulfide) groups is 1. The molecule has 208 valence electrons. The molecule has 3 heterocycles. The number of ether oxygens (including phenoxy) is 3. The Morgan fingerprint density at radius 1 is 0.762 bits per heavy atom. The van der Waals surface area contributed by atoms with E-state index < -0.39 is 41.2 Å². The van der Waals surface area contributed by atoms with Crippen LogP contribution in [0.5, 0.6) is 5.75 Å². The van der Waals surface area contributed by atoms with Gasteiger partial charge >= 0.3 is 17.9 Å². The summed E-state index contributed by atoms with van der Waals surface area (Å²) in [5, 5.41) is 1.39. The van der Waals surface area contributed by atoms with Crippen LogP contribution in [-0.2, 0) is 23.9 Å². The predicted octanol–water partition coefficient (Wildman–Crippen LogP) is 5.61. The van der Waals surface area contributed by atoms with Crippen molar-refractivity contribution in [3.63, 3.8) is 0 Å². The fourth-order valence-electron chi connectivity index (χ4n) is 8.24. The Morgan fingerprint density at radius 2 is 1.43 bits per heavy atom. The largest absolute Gasteiger partial charge is 0.457 e. The lowest BCUT2D eigenvalue weighted by atomic mass is 9.59. The summed E-state index contributed by atoms with van der Waals surface area (Å²) in [4.78, 5) is 40.6. The van der Waals surface area contributed by atoms with Crippen LogP contribution in [0.4, 0.5) is 0 Å². The van der Waals surface area contributed by atoms with E-state index in [0.717, 1.165) is 10.8 Å². The first-order valence-corrected chi connectivity index (χ1v) is 15.5. The van der Waals surface area contributed by atoms with Crippen LogP contribution in [0.2, 0.25) is 0 Å². The lowest BCUT2D eigenvalue weighted by Gasteiger charge is -2.44. The SMILES string of the molecule is O=C(OC1C2OC(=O)C3C2SC1C3C(=O)Oc1ccc2ccccc2c1)C1CC2c3ccccc3C1c1ccccc12. The van der Waals surface area contributed by atoms with Gasteiger partial charge in [0.15, 0.2) is 12.2 Å². The van der Waals surface area contributed by atoms with E-state index in [2.05, 4.69) is 36.4 Å². The van der Waals surface area contributed by atoms with Gasteiger partial charge in [-0.1, -0.05) is 78.9 Å². The summed E-state index contributed by atoms with van der Waals surface area (Å²) in [5.41, 5.74) is 4.93. The molecule has 0 radical (unpaired) electrons. The van der Waals surface area contributed by atoms with E-state index in [9.17, 15) is 14.4 Å². The third-order valence-corrected chi connectivity index (χ3v) is 11.7. The fourth-order valence-corrected chi connectivity index (χ4v) is 10.2. The average Bonchev–Trinajstić information content (AvgIpc) is 3.65. The van der Waals surface area contributed by atoms with Gasteiger partial charge < -0.3 is 14.2 Å². The van der Waals surface area contributed by atoms with Crippen LogP contribution in [0, 0.1) is 17.8 Å². The van der Waals surface area contributed by atoms with Crippen LogP contribution >= 0.6 is 11.8 Å². The molecule has 3 aliphatic heterocycles. The zero-order valence-corrected chi connectivity index (χ0v) is 23.2. The van der Waals surface area contributed by atoms with Gasteiger partial charge in [0, 0.05) is 11.8 Å². The highest BCUT2D eigenvalue weighted by Gasteiger charge is 2.71. The zero-order chi connectivity index (χ0) is 28.1. The summed E-state index contributed by atoms with van der Waals surface area (Å²) in [6.45, 7) is 0. The first-order valence-electron chi connectivity index (χ1n) is 14.5. The maximum atomic E-state index is 14.0. The zero-order valence-electron chi connectivity index (χ0n) is 22.4. The van der Waals surface area contributed by atoms with Crippen molar-refractivity contribution in [3.8, 4) is 5.75 Å². The van der Waals surface area contributed by atoms with Crippen molar-refractivity contribution >= 4 is 40.4 Å². The van der Waals surface area contributed by atoms with Gasteiger partial charge in [-0.05, 0) is 51.6 Å². The molecule has 42 heavy (non-hydrogen) atoms. The Balaban J connectivity index is 0.996. The van der Waals surface area contributed by atoms with Gasteiger partial charge in [0.05, 0.1) is 28.3 Å². The summed E-state index contributed by atoms with van der Waals surface area (Å²) >= 11 is 1.53. The van der Waals surface area contributed by atoms with Crippen LogP contribution in [0.15, 0.2) is 91.0 Å². The molecule has 7 atom stereocenters. The van der Waals surface area contributed by atoms with Gasteiger partial charge in [-0.25, -0.2) is 0 Å². The summed E-state index contributed by atoms with van der Waals surface area (Å²) in [6.07, 6.45) is -0.548. The van der Waals surface area contributed by atoms with Crippen molar-refractivity contribution in [2.24, 2.45) is 17.8 Å². The van der Waals surface area contributed by atoms with Crippen molar-refractivity contribution in [2.75, 3.05) is 0 Å². The monoisotopic (exact) mass is 574 g/mol. The van der Waals surface area contributed by atoms with Crippen LogP contribution in [0.25, 0.3) is 10.8 Å². The van der Waals surface area contributed by atoms with Gasteiger partial charge in [-0.3, -0.25) is 14.4 Å². The van der Waals surface area contributed by atoms with Crippen LogP contribution in [0.3, 0.4) is 0 Å². The molecule has 0 N–H and O–H groups in total. The number of hydrogen-bond acceptors (Lipinski definition) is 7. The lowest BCUT2D eigenvalue weighted by Crippen LogP contribution is -2.49. The normalized spacial score (nSPS) is 32.8. The molecule has 3 fully saturated rings. The third kappa shape index (κ3) is 3.37. The molecule has 10 rings (SSSR count). The Labute approximate surface area is 246 Å². The highest BCUT2D eigenvalue weighted by molar-refractivity contribution is 8.01. The van der Waals surface area contributed by atoms with E-state index in [0.29, 0.717) is 12.2 Å². The molecule has 4 bridgehead atoms. The van der Waals surface area contributed by atoms with Crippen molar-refractivity contribution in [1.29, 1.82) is 0 Å². The Hall–Kier alpha value is -4.10. The molecule has 4 aromatic carbocycles. The summed E-state index contributed by atoms with van der Waals surface area (Å²) in [7, 11) is 0. The fraction of sp³-hybridized carbons (Fsp3) is 0.286. The van der Waals surface area contributed by atoms with Crippen LogP contribution in [0.1, 0.15) is 40.5 Å². The Morgan fingerprint density at radius 3 is 2.17 bits per heavy atom. The lowest BCUT2D eigenvalue weighted by molar-refractivity contribution is -0.165. The second-order valence-electron chi connectivity index (χ2n) is 12.0. The van der Waals surface area contributed by atoms with E-state index in [-0.39, 0.29) is 29.0 Å². The molecule has 0 aromatic heterocycles. The topological polar surface area (TPSA) is 78.9 Å². The molecule has 4 aromatic rings. The molecular formula is C35H26O6S.